The first-order chi connectivity index (χ1) is 13.7. The fourth-order valence-electron chi connectivity index (χ4n) is 3.23. The van der Waals surface area contributed by atoms with E-state index in [1.165, 1.54) is 16.4 Å². The Hall–Kier alpha value is -2.49. The minimum absolute atomic E-state index is 0.0218. The number of hydrogen-bond acceptors (Lipinski definition) is 5. The molecule has 1 heterocycles. The van der Waals surface area contributed by atoms with E-state index in [9.17, 15) is 23.3 Å². The second kappa shape index (κ2) is 8.48. The summed E-state index contributed by atoms with van der Waals surface area (Å²) in [6.45, 7) is 2.53. The Morgan fingerprint density at radius 3 is 2.66 bits per heavy atom. The number of nitrogens with one attached hydrogen (secondary N) is 1. The average Bonchev–Trinajstić information content (AvgIpc) is 2.67. The Kier molecular flexibility index (Phi) is 6.21. The number of amides is 1. The molecule has 8 nitrogen and oxygen atoms in total. The van der Waals surface area contributed by atoms with Crippen LogP contribution in [0.2, 0.25) is 5.02 Å². The quantitative estimate of drug-likeness (QED) is 0.548. The zero-order chi connectivity index (χ0) is 21.2. The van der Waals surface area contributed by atoms with Crippen molar-refractivity contribution in [3.05, 3.63) is 68.2 Å². The second-order valence-electron chi connectivity index (χ2n) is 6.76. The van der Waals surface area contributed by atoms with E-state index in [1.54, 1.807) is 12.1 Å². The maximum Gasteiger partial charge on any atom is 0.270 e. The summed E-state index contributed by atoms with van der Waals surface area (Å²) in [5, 5.41) is 13.5. The van der Waals surface area contributed by atoms with Crippen molar-refractivity contribution in [1.29, 1.82) is 0 Å². The van der Waals surface area contributed by atoms with Crippen molar-refractivity contribution in [1.82, 2.24) is 4.31 Å². The molecule has 2 aromatic carbocycles. The molecule has 29 heavy (non-hydrogen) atoms. The topological polar surface area (TPSA) is 110 Å². The molecule has 0 atom stereocenters. The van der Waals surface area contributed by atoms with Gasteiger partial charge in [-0.2, -0.15) is 4.31 Å². The molecule has 0 spiro atoms. The van der Waals surface area contributed by atoms with Crippen LogP contribution < -0.4 is 5.32 Å². The van der Waals surface area contributed by atoms with Crippen molar-refractivity contribution >= 4 is 38.9 Å². The molecule has 10 heteroatoms. The third-order valence-electron chi connectivity index (χ3n) is 4.70. The first-order valence-electron chi connectivity index (χ1n) is 9.06. The lowest BCUT2D eigenvalue weighted by atomic mass is 10.0. The number of benzene rings is 2. The van der Waals surface area contributed by atoms with Crippen LogP contribution in [0.5, 0.6) is 0 Å². The third kappa shape index (κ3) is 4.75. The van der Waals surface area contributed by atoms with E-state index in [1.807, 2.05) is 13.0 Å². The number of carbonyl (C=O) groups excluding carboxylic acids is 1. The van der Waals surface area contributed by atoms with Gasteiger partial charge < -0.3 is 5.32 Å². The highest BCUT2D eigenvalue weighted by Gasteiger charge is 2.26. The number of fused-ring (bicyclic) bond motifs is 1. The van der Waals surface area contributed by atoms with Gasteiger partial charge in [-0.3, -0.25) is 14.9 Å². The Labute approximate surface area is 173 Å². The van der Waals surface area contributed by atoms with E-state index >= 15 is 0 Å². The number of hydrogen-bond donors (Lipinski definition) is 1. The van der Waals surface area contributed by atoms with E-state index in [-0.39, 0.29) is 28.6 Å². The summed E-state index contributed by atoms with van der Waals surface area (Å²) < 4.78 is 26.2. The Balaban J connectivity index is 1.78. The van der Waals surface area contributed by atoms with Gasteiger partial charge in [0.25, 0.3) is 11.6 Å². The standard InChI is InChI=1S/C19H20ClN3O5S/c1-2-9-29(27,28)22-8-7-13-3-4-15(10-14(13)12-22)21-19(24)17-6-5-16(23(25)26)11-18(17)20/h3-6,10-11H,2,7-9,12H2,1H3,(H,21,24). The normalized spacial score (nSPS) is 14.3. The highest BCUT2D eigenvalue weighted by Crippen LogP contribution is 2.27. The van der Waals surface area contributed by atoms with Crippen molar-refractivity contribution in [2.24, 2.45) is 0 Å². The van der Waals surface area contributed by atoms with Gasteiger partial charge in [0, 0.05) is 30.9 Å². The van der Waals surface area contributed by atoms with Crippen molar-refractivity contribution in [2.75, 3.05) is 17.6 Å². The number of non-ortho nitro benzene ring substituents is 1. The molecule has 1 aliphatic heterocycles. The van der Waals surface area contributed by atoms with Crippen LogP contribution in [-0.4, -0.2) is 35.9 Å². The van der Waals surface area contributed by atoms with Crippen LogP contribution in [-0.2, 0) is 23.0 Å². The number of carbonyl (C=O) groups is 1. The predicted molar refractivity (Wildman–Crippen MR) is 111 cm³/mol. The van der Waals surface area contributed by atoms with Crippen molar-refractivity contribution < 1.29 is 18.1 Å². The summed E-state index contributed by atoms with van der Waals surface area (Å²) >= 11 is 6.01. The van der Waals surface area contributed by atoms with E-state index in [4.69, 9.17) is 11.6 Å². The number of anilines is 1. The molecule has 0 unspecified atom stereocenters. The van der Waals surface area contributed by atoms with E-state index < -0.39 is 20.9 Å². The van der Waals surface area contributed by atoms with Crippen LogP contribution in [0, 0.1) is 10.1 Å². The van der Waals surface area contributed by atoms with E-state index in [0.29, 0.717) is 25.1 Å². The van der Waals surface area contributed by atoms with Gasteiger partial charge in [-0.15, -0.1) is 0 Å². The Morgan fingerprint density at radius 1 is 1.24 bits per heavy atom. The molecular weight excluding hydrogens is 418 g/mol. The van der Waals surface area contributed by atoms with Gasteiger partial charge in [0.2, 0.25) is 10.0 Å². The lowest BCUT2D eigenvalue weighted by Gasteiger charge is -2.28. The first-order valence-corrected chi connectivity index (χ1v) is 11.0. The zero-order valence-corrected chi connectivity index (χ0v) is 17.3. The van der Waals surface area contributed by atoms with Crippen LogP contribution in [0.1, 0.15) is 34.8 Å². The summed E-state index contributed by atoms with van der Waals surface area (Å²) in [6, 6.07) is 9.00. The fraction of sp³-hybridized carbons (Fsp3) is 0.316. The molecule has 2 aromatic rings. The van der Waals surface area contributed by atoms with Gasteiger partial charge in [-0.25, -0.2) is 8.42 Å². The largest absolute Gasteiger partial charge is 0.322 e. The van der Waals surface area contributed by atoms with E-state index in [0.717, 1.165) is 17.2 Å². The van der Waals surface area contributed by atoms with Gasteiger partial charge in [0.15, 0.2) is 0 Å². The molecule has 0 aliphatic carbocycles. The molecule has 154 valence electrons. The van der Waals surface area contributed by atoms with Crippen molar-refractivity contribution in [3.8, 4) is 0 Å². The predicted octanol–water partition coefficient (Wildman–Crippen LogP) is 3.60. The number of halogens is 1. The van der Waals surface area contributed by atoms with E-state index in [2.05, 4.69) is 5.32 Å². The highest BCUT2D eigenvalue weighted by molar-refractivity contribution is 7.89. The molecule has 1 N–H and O–H groups in total. The number of rotatable bonds is 6. The number of nitro benzene ring substituents is 1. The van der Waals surface area contributed by atoms with Crippen molar-refractivity contribution in [3.63, 3.8) is 0 Å². The van der Waals surface area contributed by atoms with Crippen LogP contribution in [0.25, 0.3) is 0 Å². The lowest BCUT2D eigenvalue weighted by molar-refractivity contribution is -0.384. The molecule has 0 aromatic heterocycles. The van der Waals surface area contributed by atoms with Gasteiger partial charge in [-0.1, -0.05) is 24.6 Å². The summed E-state index contributed by atoms with van der Waals surface area (Å²) in [5.74, 6) is -0.395. The average molecular weight is 438 g/mol. The second-order valence-corrected chi connectivity index (χ2v) is 9.25. The summed E-state index contributed by atoms with van der Waals surface area (Å²) in [4.78, 5) is 22.7. The van der Waals surface area contributed by atoms with Crippen LogP contribution in [0.15, 0.2) is 36.4 Å². The molecule has 0 bridgehead atoms. The highest BCUT2D eigenvalue weighted by atomic mass is 35.5. The smallest absolute Gasteiger partial charge is 0.270 e. The van der Waals surface area contributed by atoms with Gasteiger partial charge in [-0.05, 0) is 42.2 Å². The summed E-state index contributed by atoms with van der Waals surface area (Å²) in [6.07, 6.45) is 1.17. The molecule has 0 radical (unpaired) electrons. The minimum atomic E-state index is -3.30. The summed E-state index contributed by atoms with van der Waals surface area (Å²) in [5.41, 5.74) is 2.29. The fourth-order valence-corrected chi connectivity index (χ4v) is 4.97. The van der Waals surface area contributed by atoms with Crippen LogP contribution in [0.4, 0.5) is 11.4 Å². The maximum absolute atomic E-state index is 12.5. The number of sulfonamides is 1. The molecule has 0 saturated carbocycles. The minimum Gasteiger partial charge on any atom is -0.322 e. The Morgan fingerprint density at radius 2 is 2.00 bits per heavy atom. The Bertz CT molecular complexity index is 1070. The van der Waals surface area contributed by atoms with Gasteiger partial charge in [0.1, 0.15) is 0 Å². The molecule has 0 saturated heterocycles. The van der Waals surface area contributed by atoms with Crippen LogP contribution in [0.3, 0.4) is 0 Å². The van der Waals surface area contributed by atoms with Gasteiger partial charge in [0.05, 0.1) is 21.3 Å². The maximum atomic E-state index is 12.5. The molecule has 0 fully saturated rings. The number of nitrogens with zero attached hydrogens (tertiary/aromatic N) is 2. The van der Waals surface area contributed by atoms with Crippen LogP contribution >= 0.6 is 11.6 Å². The third-order valence-corrected chi connectivity index (χ3v) is 7.04. The molecular formula is C19H20ClN3O5S. The van der Waals surface area contributed by atoms with Gasteiger partial charge >= 0.3 is 0 Å². The lowest BCUT2D eigenvalue weighted by Crippen LogP contribution is -2.37. The summed E-state index contributed by atoms with van der Waals surface area (Å²) in [7, 11) is -3.30. The monoisotopic (exact) mass is 437 g/mol. The zero-order valence-electron chi connectivity index (χ0n) is 15.7. The number of nitro groups is 1. The SMILES string of the molecule is CCCS(=O)(=O)N1CCc2ccc(NC(=O)c3ccc([N+](=O)[O-])cc3Cl)cc2C1. The van der Waals surface area contributed by atoms with Crippen molar-refractivity contribution in [2.45, 2.75) is 26.3 Å². The molecule has 1 aliphatic rings. The molecule has 3 rings (SSSR count). The first kappa shape index (κ1) is 21.2. The molecule has 1 amide bonds.